The van der Waals surface area contributed by atoms with Crippen LogP contribution in [0, 0.1) is 11.3 Å². The van der Waals surface area contributed by atoms with Gasteiger partial charge >= 0.3 is 5.97 Å². The maximum Gasteiger partial charge on any atom is 0.339 e. The Morgan fingerprint density at radius 3 is 2.42 bits per heavy atom. The third-order valence-corrected chi connectivity index (χ3v) is 5.56. The van der Waals surface area contributed by atoms with E-state index in [9.17, 15) is 14.9 Å². The second-order valence-corrected chi connectivity index (χ2v) is 7.64. The molecule has 1 amide bonds. The van der Waals surface area contributed by atoms with Crippen molar-refractivity contribution in [2.45, 2.75) is 32.4 Å². The Hall–Kier alpha value is -3.91. The number of ether oxygens (including phenoxy) is 1. The van der Waals surface area contributed by atoms with Crippen LogP contribution in [0.15, 0.2) is 72.8 Å². The van der Waals surface area contributed by atoms with Gasteiger partial charge in [0.2, 0.25) is 0 Å². The van der Waals surface area contributed by atoms with Crippen molar-refractivity contribution in [3.63, 3.8) is 0 Å². The molecule has 0 radical (unpaired) electrons. The van der Waals surface area contributed by atoms with Crippen molar-refractivity contribution in [3.05, 3.63) is 89.5 Å². The van der Waals surface area contributed by atoms with Crippen LogP contribution in [0.25, 0.3) is 11.1 Å². The number of hydrogen-bond acceptors (Lipinski definition) is 4. The van der Waals surface area contributed by atoms with Crippen LogP contribution in [0.1, 0.15) is 35.3 Å². The minimum atomic E-state index is -0.944. The highest BCUT2D eigenvalue weighted by molar-refractivity contribution is 6.02. The van der Waals surface area contributed by atoms with E-state index in [1.807, 2.05) is 37.3 Å². The van der Waals surface area contributed by atoms with Gasteiger partial charge in [-0.3, -0.25) is 4.79 Å². The van der Waals surface area contributed by atoms with Gasteiger partial charge in [0.25, 0.3) is 5.91 Å². The summed E-state index contributed by atoms with van der Waals surface area (Å²) >= 11 is 0. The lowest BCUT2D eigenvalue weighted by atomic mass is 9.96. The van der Waals surface area contributed by atoms with Crippen LogP contribution in [-0.4, -0.2) is 24.0 Å². The molecular formula is C26H22N2O3. The third kappa shape index (κ3) is 3.80. The van der Waals surface area contributed by atoms with Crippen LogP contribution in [0.4, 0.5) is 5.69 Å². The van der Waals surface area contributed by atoms with Crippen molar-refractivity contribution >= 4 is 17.6 Å². The van der Waals surface area contributed by atoms with Crippen LogP contribution in [0.3, 0.4) is 0 Å². The molecule has 0 aliphatic carbocycles. The first kappa shape index (κ1) is 20.4. The fourth-order valence-corrected chi connectivity index (χ4v) is 4.08. The number of hydrogen-bond donors (Lipinski definition) is 0. The zero-order valence-electron chi connectivity index (χ0n) is 17.4. The van der Waals surface area contributed by atoms with Crippen LogP contribution < -0.4 is 4.90 Å². The first-order valence-corrected chi connectivity index (χ1v) is 10.2. The largest absolute Gasteiger partial charge is 0.449 e. The topological polar surface area (TPSA) is 70.4 Å². The Balaban J connectivity index is 1.59. The number of amides is 1. The Kier molecular flexibility index (Phi) is 5.55. The SMILES string of the molecule is C[C@@H]1Cc2ccccc2N1C(=O)[C@@H](C)OC(=O)c1ccccc1-c1ccccc1C#N. The van der Waals surface area contributed by atoms with E-state index in [1.165, 1.54) is 0 Å². The molecule has 154 valence electrons. The van der Waals surface area contributed by atoms with E-state index < -0.39 is 12.1 Å². The molecule has 0 N–H and O–H groups in total. The molecule has 0 spiro atoms. The zero-order chi connectivity index (χ0) is 22.0. The highest BCUT2D eigenvalue weighted by Gasteiger charge is 2.34. The molecule has 0 unspecified atom stereocenters. The summed E-state index contributed by atoms with van der Waals surface area (Å²) in [5.74, 6) is -0.843. The summed E-state index contributed by atoms with van der Waals surface area (Å²) in [4.78, 5) is 27.9. The summed E-state index contributed by atoms with van der Waals surface area (Å²) in [6.45, 7) is 3.58. The number of esters is 1. The van der Waals surface area contributed by atoms with Crippen LogP contribution in [0.2, 0.25) is 0 Å². The summed E-state index contributed by atoms with van der Waals surface area (Å²) in [7, 11) is 0. The number of fused-ring (bicyclic) bond motifs is 1. The molecule has 1 aliphatic rings. The third-order valence-electron chi connectivity index (χ3n) is 5.56. The van der Waals surface area contributed by atoms with Gasteiger partial charge in [-0.2, -0.15) is 5.26 Å². The van der Waals surface area contributed by atoms with Crippen molar-refractivity contribution in [3.8, 4) is 17.2 Å². The Bertz CT molecular complexity index is 1200. The maximum absolute atomic E-state index is 13.1. The second kappa shape index (κ2) is 8.45. The fourth-order valence-electron chi connectivity index (χ4n) is 4.08. The Morgan fingerprint density at radius 2 is 1.65 bits per heavy atom. The number of para-hydroxylation sites is 1. The van der Waals surface area contributed by atoms with Crippen LogP contribution in [-0.2, 0) is 16.0 Å². The van der Waals surface area contributed by atoms with Gasteiger partial charge in [-0.05, 0) is 49.6 Å². The Labute approximate surface area is 181 Å². The molecule has 4 rings (SSSR count). The number of anilines is 1. The summed E-state index contributed by atoms with van der Waals surface area (Å²) in [5, 5.41) is 9.44. The summed E-state index contributed by atoms with van der Waals surface area (Å²) in [5.41, 5.74) is 4.02. The second-order valence-electron chi connectivity index (χ2n) is 7.64. The molecular weight excluding hydrogens is 388 g/mol. The number of carbonyl (C=O) groups is 2. The first-order chi connectivity index (χ1) is 15.0. The van der Waals surface area contributed by atoms with E-state index in [0.29, 0.717) is 22.3 Å². The molecule has 31 heavy (non-hydrogen) atoms. The van der Waals surface area contributed by atoms with Gasteiger partial charge in [0, 0.05) is 17.3 Å². The van der Waals surface area contributed by atoms with Gasteiger partial charge in [0.1, 0.15) is 0 Å². The average Bonchev–Trinajstić information content (AvgIpc) is 3.14. The predicted molar refractivity (Wildman–Crippen MR) is 119 cm³/mol. The number of nitrogens with zero attached hydrogens (tertiary/aromatic N) is 2. The molecule has 0 aromatic heterocycles. The molecule has 1 heterocycles. The van der Waals surface area contributed by atoms with Gasteiger partial charge in [-0.15, -0.1) is 0 Å². The first-order valence-electron chi connectivity index (χ1n) is 10.2. The quantitative estimate of drug-likeness (QED) is 0.582. The lowest BCUT2D eigenvalue weighted by Gasteiger charge is -2.26. The van der Waals surface area contributed by atoms with Crippen molar-refractivity contribution in [2.75, 3.05) is 4.90 Å². The standard InChI is InChI=1S/C26H22N2O3/c1-17-15-19-9-4-8-14-24(19)28(17)25(29)18(2)31-26(30)23-13-7-6-12-22(23)21-11-5-3-10-20(21)16-27/h3-14,17-18H,15H2,1-2H3/t17-,18-/m1/s1. The average molecular weight is 410 g/mol. The molecule has 0 saturated heterocycles. The lowest BCUT2D eigenvalue weighted by molar-refractivity contribution is -0.126. The smallest absolute Gasteiger partial charge is 0.339 e. The van der Waals surface area contributed by atoms with E-state index in [2.05, 4.69) is 6.07 Å². The van der Waals surface area contributed by atoms with E-state index in [1.54, 1.807) is 54.3 Å². The highest BCUT2D eigenvalue weighted by atomic mass is 16.5. The maximum atomic E-state index is 13.1. The number of benzene rings is 3. The van der Waals surface area contributed by atoms with Gasteiger partial charge in [-0.1, -0.05) is 54.6 Å². The summed E-state index contributed by atoms with van der Waals surface area (Å²) < 4.78 is 5.60. The van der Waals surface area contributed by atoms with Crippen molar-refractivity contribution in [1.82, 2.24) is 0 Å². The van der Waals surface area contributed by atoms with E-state index in [4.69, 9.17) is 4.74 Å². The van der Waals surface area contributed by atoms with Gasteiger partial charge in [-0.25, -0.2) is 4.79 Å². The molecule has 0 bridgehead atoms. The highest BCUT2D eigenvalue weighted by Crippen LogP contribution is 2.33. The monoisotopic (exact) mass is 410 g/mol. The minimum Gasteiger partial charge on any atom is -0.449 e. The molecule has 3 aromatic rings. The number of carbonyl (C=O) groups excluding carboxylic acids is 2. The van der Waals surface area contributed by atoms with Crippen LogP contribution in [0.5, 0.6) is 0 Å². The minimum absolute atomic E-state index is 0.000781. The number of nitriles is 1. The lowest BCUT2D eigenvalue weighted by Crippen LogP contribution is -2.43. The summed E-state index contributed by atoms with van der Waals surface area (Å²) in [6, 6.07) is 24.0. The number of rotatable bonds is 4. The van der Waals surface area contributed by atoms with E-state index in [0.717, 1.165) is 17.7 Å². The van der Waals surface area contributed by atoms with E-state index in [-0.39, 0.29) is 11.9 Å². The molecule has 2 atom stereocenters. The predicted octanol–water partition coefficient (Wildman–Crippen LogP) is 4.75. The molecule has 0 saturated carbocycles. The van der Waals surface area contributed by atoms with Crippen molar-refractivity contribution < 1.29 is 14.3 Å². The molecule has 1 aliphatic heterocycles. The molecule has 0 fully saturated rings. The van der Waals surface area contributed by atoms with Gasteiger partial charge in [0.15, 0.2) is 6.10 Å². The fraction of sp³-hybridized carbons (Fsp3) is 0.192. The van der Waals surface area contributed by atoms with E-state index >= 15 is 0 Å². The normalized spacial score (nSPS) is 15.6. The molecule has 5 nitrogen and oxygen atoms in total. The van der Waals surface area contributed by atoms with Gasteiger partial charge < -0.3 is 9.64 Å². The molecule has 5 heteroatoms. The van der Waals surface area contributed by atoms with Crippen molar-refractivity contribution in [2.24, 2.45) is 0 Å². The zero-order valence-corrected chi connectivity index (χ0v) is 17.4. The summed E-state index contributed by atoms with van der Waals surface area (Å²) in [6.07, 6.45) is -0.170. The van der Waals surface area contributed by atoms with Crippen molar-refractivity contribution in [1.29, 1.82) is 5.26 Å². The van der Waals surface area contributed by atoms with Crippen LogP contribution >= 0.6 is 0 Å². The molecule has 3 aromatic carbocycles. The Morgan fingerprint density at radius 1 is 1.00 bits per heavy atom. The van der Waals surface area contributed by atoms with Gasteiger partial charge in [0.05, 0.1) is 17.2 Å².